The summed E-state index contributed by atoms with van der Waals surface area (Å²) in [4.78, 5) is 34.2. The Hall–Kier alpha value is -3.72. The first-order valence-corrected chi connectivity index (χ1v) is 10.4. The molecule has 7 nitrogen and oxygen atoms in total. The monoisotopic (exact) mass is 435 g/mol. The van der Waals surface area contributed by atoms with Gasteiger partial charge in [0.15, 0.2) is 0 Å². The Kier molecular flexibility index (Phi) is 5.94. The molecule has 3 aromatic heterocycles. The maximum atomic E-state index is 13.1. The normalized spacial score (nSPS) is 11.8. The average Bonchev–Trinajstić information content (AvgIpc) is 3.33. The molecular weight excluding hydrogens is 417 g/mol. The van der Waals surface area contributed by atoms with Crippen LogP contribution in [0.25, 0.3) is 21.8 Å². The first-order chi connectivity index (χ1) is 15.0. The number of amides is 1. The fraction of sp³-hybridized carbons (Fsp3) is 0.136. The quantitative estimate of drug-likeness (QED) is 0.501. The highest BCUT2D eigenvalue weighted by molar-refractivity contribution is 7.13. The van der Waals surface area contributed by atoms with Gasteiger partial charge in [0.2, 0.25) is 5.91 Å². The van der Waals surface area contributed by atoms with Gasteiger partial charge in [0, 0.05) is 11.6 Å². The van der Waals surface area contributed by atoms with E-state index >= 15 is 0 Å². The fourth-order valence-electron chi connectivity index (χ4n) is 2.97. The summed E-state index contributed by atoms with van der Waals surface area (Å²) in [7, 11) is 0. The van der Waals surface area contributed by atoms with Crippen LogP contribution in [0, 0.1) is 5.82 Å². The molecule has 1 aromatic carbocycles. The lowest BCUT2D eigenvalue weighted by molar-refractivity contribution is -0.124. The predicted molar refractivity (Wildman–Crippen MR) is 116 cm³/mol. The van der Waals surface area contributed by atoms with Crippen LogP contribution in [0.2, 0.25) is 0 Å². The number of rotatable bonds is 6. The Balaban J connectivity index is 1.47. The van der Waals surface area contributed by atoms with E-state index < -0.39 is 6.04 Å². The Morgan fingerprint density at radius 2 is 1.94 bits per heavy atom. The van der Waals surface area contributed by atoms with Crippen molar-refractivity contribution in [1.82, 2.24) is 25.1 Å². The summed E-state index contributed by atoms with van der Waals surface area (Å²) in [5.41, 5.74) is 2.22. The van der Waals surface area contributed by atoms with Crippen molar-refractivity contribution in [3.05, 3.63) is 88.2 Å². The van der Waals surface area contributed by atoms with Crippen molar-refractivity contribution in [1.29, 1.82) is 0 Å². The second-order valence-corrected chi connectivity index (χ2v) is 7.72. The van der Waals surface area contributed by atoms with Gasteiger partial charge in [-0.05, 0) is 54.8 Å². The molecule has 1 atom stereocenters. The average molecular weight is 435 g/mol. The van der Waals surface area contributed by atoms with Gasteiger partial charge in [-0.1, -0.05) is 6.07 Å². The number of halogens is 1. The van der Waals surface area contributed by atoms with Gasteiger partial charge in [-0.25, -0.2) is 19.0 Å². The van der Waals surface area contributed by atoms with E-state index in [-0.39, 0.29) is 23.8 Å². The Morgan fingerprint density at radius 1 is 1.13 bits per heavy atom. The number of aromatic nitrogens is 4. The molecule has 1 N–H and O–H groups in total. The highest BCUT2D eigenvalue weighted by atomic mass is 32.1. The van der Waals surface area contributed by atoms with Crippen molar-refractivity contribution >= 4 is 17.2 Å². The van der Waals surface area contributed by atoms with Gasteiger partial charge in [-0.3, -0.25) is 9.59 Å². The molecule has 31 heavy (non-hydrogen) atoms. The molecule has 0 aliphatic carbocycles. The van der Waals surface area contributed by atoms with Gasteiger partial charge in [0.05, 0.1) is 22.8 Å². The summed E-state index contributed by atoms with van der Waals surface area (Å²) in [5.74, 6) is -0.689. The summed E-state index contributed by atoms with van der Waals surface area (Å²) in [6, 6.07) is 13.7. The third-order valence-electron chi connectivity index (χ3n) is 4.65. The summed E-state index contributed by atoms with van der Waals surface area (Å²) >= 11 is 1.51. The fourth-order valence-corrected chi connectivity index (χ4v) is 3.66. The van der Waals surface area contributed by atoms with Crippen LogP contribution in [0.15, 0.2) is 71.1 Å². The minimum absolute atomic E-state index is 0.152. The van der Waals surface area contributed by atoms with Gasteiger partial charge < -0.3 is 5.32 Å². The highest BCUT2D eigenvalue weighted by Crippen LogP contribution is 2.22. The Morgan fingerprint density at radius 3 is 2.68 bits per heavy atom. The van der Waals surface area contributed by atoms with Crippen LogP contribution >= 0.6 is 11.3 Å². The molecule has 0 bridgehead atoms. The van der Waals surface area contributed by atoms with E-state index in [1.54, 1.807) is 31.2 Å². The number of thiophene rings is 1. The van der Waals surface area contributed by atoms with Crippen molar-refractivity contribution in [2.45, 2.75) is 19.5 Å². The minimum Gasteiger partial charge on any atom is -0.349 e. The lowest BCUT2D eigenvalue weighted by atomic mass is 10.1. The zero-order valence-corrected chi connectivity index (χ0v) is 17.3. The molecule has 4 aromatic rings. The molecule has 0 fully saturated rings. The van der Waals surface area contributed by atoms with Crippen LogP contribution in [0.5, 0.6) is 0 Å². The molecule has 0 saturated carbocycles. The van der Waals surface area contributed by atoms with E-state index in [1.807, 2.05) is 17.5 Å². The number of nitrogens with one attached hydrogen (secondary N) is 1. The van der Waals surface area contributed by atoms with Gasteiger partial charge in [0.1, 0.15) is 23.9 Å². The molecule has 156 valence electrons. The number of benzene rings is 1. The molecule has 0 radical (unpaired) electrons. The summed E-state index contributed by atoms with van der Waals surface area (Å²) in [6.45, 7) is 1.77. The number of carbonyl (C=O) groups is 1. The minimum atomic E-state index is -0.800. The van der Waals surface area contributed by atoms with E-state index in [0.29, 0.717) is 17.1 Å². The lowest BCUT2D eigenvalue weighted by Crippen LogP contribution is -2.36. The second-order valence-electron chi connectivity index (χ2n) is 6.77. The van der Waals surface area contributed by atoms with Crippen molar-refractivity contribution in [2.24, 2.45) is 0 Å². The molecule has 0 saturated heterocycles. The molecule has 9 heteroatoms. The molecule has 4 rings (SSSR count). The van der Waals surface area contributed by atoms with Crippen molar-refractivity contribution in [2.75, 3.05) is 0 Å². The van der Waals surface area contributed by atoms with Crippen LogP contribution in [-0.2, 0) is 11.3 Å². The second kappa shape index (κ2) is 8.97. The topological polar surface area (TPSA) is 89.8 Å². The van der Waals surface area contributed by atoms with Crippen molar-refractivity contribution in [3.8, 4) is 21.8 Å². The first kappa shape index (κ1) is 20.5. The number of carbonyl (C=O) groups excluding carboxylic acids is 1. The van der Waals surface area contributed by atoms with E-state index in [1.165, 1.54) is 40.5 Å². The van der Waals surface area contributed by atoms with Gasteiger partial charge in [0.25, 0.3) is 5.56 Å². The summed E-state index contributed by atoms with van der Waals surface area (Å²) in [6.07, 6.45) is 1.39. The van der Waals surface area contributed by atoms with Crippen LogP contribution in [0.4, 0.5) is 4.39 Å². The molecule has 0 aliphatic heterocycles. The standard InChI is InChI=1S/C22H18FN5O2S/c1-14(28-21(29)9-8-18(27-28)20-3-2-10-31-20)22(30)24-12-17-11-19(26-13-25-17)15-4-6-16(23)7-5-15/h2-11,13-14H,12H2,1H3,(H,24,30). The number of hydrogen-bond donors (Lipinski definition) is 1. The van der Waals surface area contributed by atoms with E-state index in [2.05, 4.69) is 20.4 Å². The van der Waals surface area contributed by atoms with Crippen molar-refractivity contribution < 1.29 is 9.18 Å². The predicted octanol–water partition coefficient (Wildman–Crippen LogP) is 3.45. The van der Waals surface area contributed by atoms with Gasteiger partial charge >= 0.3 is 0 Å². The largest absolute Gasteiger partial charge is 0.349 e. The van der Waals surface area contributed by atoms with Crippen LogP contribution in [0.1, 0.15) is 18.7 Å². The first-order valence-electron chi connectivity index (χ1n) is 9.49. The van der Waals surface area contributed by atoms with Crippen LogP contribution in [-0.4, -0.2) is 25.7 Å². The lowest BCUT2D eigenvalue weighted by Gasteiger charge is -2.14. The van der Waals surface area contributed by atoms with E-state index in [0.717, 1.165) is 10.4 Å². The smallest absolute Gasteiger partial charge is 0.267 e. The van der Waals surface area contributed by atoms with E-state index in [4.69, 9.17) is 0 Å². The van der Waals surface area contributed by atoms with Crippen LogP contribution in [0.3, 0.4) is 0 Å². The zero-order chi connectivity index (χ0) is 21.8. The molecule has 3 heterocycles. The SMILES string of the molecule is CC(C(=O)NCc1cc(-c2ccc(F)cc2)ncn1)n1nc(-c2cccs2)ccc1=O. The third-order valence-corrected chi connectivity index (χ3v) is 5.54. The third kappa shape index (κ3) is 4.72. The Bertz CT molecular complexity index is 1260. The maximum absolute atomic E-state index is 13.1. The van der Waals surface area contributed by atoms with Gasteiger partial charge in [-0.15, -0.1) is 11.3 Å². The molecule has 1 amide bonds. The highest BCUT2D eigenvalue weighted by Gasteiger charge is 2.18. The zero-order valence-electron chi connectivity index (χ0n) is 16.5. The molecular formula is C22H18FN5O2S. The molecule has 1 unspecified atom stereocenters. The molecule has 0 spiro atoms. The number of hydrogen-bond acceptors (Lipinski definition) is 6. The van der Waals surface area contributed by atoms with E-state index in [9.17, 15) is 14.0 Å². The summed E-state index contributed by atoms with van der Waals surface area (Å²) < 4.78 is 14.3. The van der Waals surface area contributed by atoms with Gasteiger partial charge in [-0.2, -0.15) is 5.10 Å². The van der Waals surface area contributed by atoms with Crippen LogP contribution < -0.4 is 10.9 Å². The number of nitrogens with zero attached hydrogens (tertiary/aromatic N) is 4. The van der Waals surface area contributed by atoms with Crippen molar-refractivity contribution in [3.63, 3.8) is 0 Å². The maximum Gasteiger partial charge on any atom is 0.267 e. The summed E-state index contributed by atoms with van der Waals surface area (Å²) in [5, 5.41) is 9.05. The molecule has 0 aliphatic rings. The Labute approximate surface area is 181 Å².